The van der Waals surface area contributed by atoms with Gasteiger partial charge in [-0.15, -0.1) is 0 Å². The van der Waals surface area contributed by atoms with Gasteiger partial charge in [-0.2, -0.15) is 0 Å². The molecule has 0 aliphatic heterocycles. The van der Waals surface area contributed by atoms with E-state index in [9.17, 15) is 4.79 Å². The lowest BCUT2D eigenvalue weighted by atomic mass is 10.0. The van der Waals surface area contributed by atoms with Crippen LogP contribution in [0.5, 0.6) is 0 Å². The molecule has 1 aromatic carbocycles. The quantitative estimate of drug-likeness (QED) is 0.802. The molecule has 0 bridgehead atoms. The van der Waals surface area contributed by atoms with Crippen LogP contribution in [0.4, 0.5) is 0 Å². The molecule has 3 nitrogen and oxygen atoms in total. The van der Waals surface area contributed by atoms with Crippen LogP contribution >= 0.6 is 11.6 Å². The van der Waals surface area contributed by atoms with Crippen LogP contribution in [0.2, 0.25) is 5.02 Å². The number of carboxylic acids is 1. The molecule has 0 aliphatic rings. The molecule has 0 saturated heterocycles. The van der Waals surface area contributed by atoms with Crippen molar-refractivity contribution in [2.45, 2.75) is 19.4 Å². The molecule has 0 amide bonds. The van der Waals surface area contributed by atoms with Gasteiger partial charge in [0, 0.05) is 5.02 Å². The number of carbonyl (C=O) groups is 1. The number of hydrogen-bond donors (Lipinski definition) is 2. The molecule has 0 heterocycles. The predicted octanol–water partition coefficient (Wildman–Crippen LogP) is 1.60. The van der Waals surface area contributed by atoms with Crippen LogP contribution in [-0.2, 0) is 11.2 Å². The van der Waals surface area contributed by atoms with E-state index in [-0.39, 0.29) is 6.42 Å². The van der Waals surface area contributed by atoms with E-state index in [1.807, 2.05) is 19.1 Å². The second-order valence-corrected chi connectivity index (χ2v) is 3.59. The van der Waals surface area contributed by atoms with Gasteiger partial charge < -0.3 is 10.8 Å². The molecule has 0 spiro atoms. The topological polar surface area (TPSA) is 63.3 Å². The third-order valence-corrected chi connectivity index (χ3v) is 2.45. The Bertz CT molecular complexity index is 332. The molecule has 0 aliphatic carbocycles. The Morgan fingerprint density at radius 2 is 2.29 bits per heavy atom. The van der Waals surface area contributed by atoms with Crippen LogP contribution in [0, 0.1) is 6.92 Å². The van der Waals surface area contributed by atoms with E-state index >= 15 is 0 Å². The molecule has 4 heteroatoms. The van der Waals surface area contributed by atoms with E-state index < -0.39 is 12.0 Å². The highest BCUT2D eigenvalue weighted by Crippen LogP contribution is 2.20. The average Bonchev–Trinajstić information content (AvgIpc) is 2.11. The van der Waals surface area contributed by atoms with Crippen molar-refractivity contribution < 1.29 is 9.90 Å². The van der Waals surface area contributed by atoms with Crippen LogP contribution < -0.4 is 5.73 Å². The summed E-state index contributed by atoms with van der Waals surface area (Å²) < 4.78 is 0. The molecule has 0 aromatic heterocycles. The lowest BCUT2D eigenvalue weighted by molar-refractivity contribution is -0.138. The van der Waals surface area contributed by atoms with Gasteiger partial charge in [0.25, 0.3) is 0 Å². The summed E-state index contributed by atoms with van der Waals surface area (Å²) in [7, 11) is 0. The Morgan fingerprint density at radius 1 is 1.64 bits per heavy atom. The number of aliphatic carboxylic acids is 1. The van der Waals surface area contributed by atoms with Crippen molar-refractivity contribution in [1.29, 1.82) is 0 Å². The normalized spacial score (nSPS) is 12.5. The summed E-state index contributed by atoms with van der Waals surface area (Å²) in [5.74, 6) is -1.01. The fourth-order valence-corrected chi connectivity index (χ4v) is 1.53. The number of halogens is 1. The smallest absolute Gasteiger partial charge is 0.320 e. The highest BCUT2D eigenvalue weighted by Gasteiger charge is 2.15. The van der Waals surface area contributed by atoms with E-state index in [1.54, 1.807) is 6.07 Å². The number of nitrogens with two attached hydrogens (primary N) is 1. The third-order valence-electron chi connectivity index (χ3n) is 2.09. The van der Waals surface area contributed by atoms with Gasteiger partial charge in [-0.3, -0.25) is 4.79 Å². The fourth-order valence-electron chi connectivity index (χ4n) is 1.23. The largest absolute Gasteiger partial charge is 0.480 e. The van der Waals surface area contributed by atoms with Gasteiger partial charge >= 0.3 is 5.97 Å². The first-order chi connectivity index (χ1) is 6.52. The number of aryl methyl sites for hydroxylation is 1. The maximum Gasteiger partial charge on any atom is 0.320 e. The molecular weight excluding hydrogens is 202 g/mol. The van der Waals surface area contributed by atoms with Gasteiger partial charge in [0.05, 0.1) is 0 Å². The maximum absolute atomic E-state index is 10.6. The molecule has 0 radical (unpaired) electrons. The fraction of sp³-hybridized carbons (Fsp3) is 0.300. The van der Waals surface area contributed by atoms with E-state index in [0.29, 0.717) is 5.02 Å². The van der Waals surface area contributed by atoms with Gasteiger partial charge in [0.2, 0.25) is 0 Å². The van der Waals surface area contributed by atoms with Gasteiger partial charge in [-0.1, -0.05) is 23.7 Å². The summed E-state index contributed by atoms with van der Waals surface area (Å²) in [4.78, 5) is 10.6. The summed E-state index contributed by atoms with van der Waals surface area (Å²) in [6.07, 6.45) is 0.265. The predicted molar refractivity (Wildman–Crippen MR) is 55.5 cm³/mol. The van der Waals surface area contributed by atoms with Gasteiger partial charge in [-0.05, 0) is 30.5 Å². The number of carboxylic acid groups (broad SMARTS) is 1. The lowest BCUT2D eigenvalue weighted by Gasteiger charge is -2.10. The minimum absolute atomic E-state index is 0.265. The molecule has 1 unspecified atom stereocenters. The van der Waals surface area contributed by atoms with Crippen LogP contribution in [0.25, 0.3) is 0 Å². The molecule has 14 heavy (non-hydrogen) atoms. The summed E-state index contributed by atoms with van der Waals surface area (Å²) in [6, 6.07) is 4.55. The van der Waals surface area contributed by atoms with Gasteiger partial charge in [-0.25, -0.2) is 0 Å². The first kappa shape index (κ1) is 11.0. The monoisotopic (exact) mass is 213 g/mol. The van der Waals surface area contributed by atoms with Crippen molar-refractivity contribution >= 4 is 17.6 Å². The Kier molecular flexibility index (Phi) is 3.49. The van der Waals surface area contributed by atoms with E-state index in [4.69, 9.17) is 22.4 Å². The molecule has 1 atom stereocenters. The summed E-state index contributed by atoms with van der Waals surface area (Å²) in [5, 5.41) is 9.23. The first-order valence-electron chi connectivity index (χ1n) is 4.24. The number of benzene rings is 1. The van der Waals surface area contributed by atoms with E-state index in [1.165, 1.54) is 0 Å². The van der Waals surface area contributed by atoms with Crippen molar-refractivity contribution in [2.24, 2.45) is 5.73 Å². The summed E-state index contributed by atoms with van der Waals surface area (Å²) in [6.45, 7) is 1.88. The highest BCUT2D eigenvalue weighted by atomic mass is 35.5. The summed E-state index contributed by atoms with van der Waals surface area (Å²) >= 11 is 5.93. The van der Waals surface area contributed by atoms with Crippen LogP contribution in [-0.4, -0.2) is 17.1 Å². The number of rotatable bonds is 3. The standard InChI is InChI=1S/C10H12ClNO2/c1-6-3-2-4-8(11)7(6)5-9(12)10(13)14/h2-4,9H,5,12H2,1H3,(H,13,14). The molecule has 0 saturated carbocycles. The molecular formula is C10H12ClNO2. The average molecular weight is 214 g/mol. The third kappa shape index (κ3) is 2.47. The van der Waals surface area contributed by atoms with Crippen molar-refractivity contribution in [3.63, 3.8) is 0 Å². The van der Waals surface area contributed by atoms with E-state index in [0.717, 1.165) is 11.1 Å². The Balaban J connectivity index is 2.91. The first-order valence-corrected chi connectivity index (χ1v) is 4.62. The molecule has 3 N–H and O–H groups in total. The SMILES string of the molecule is Cc1cccc(Cl)c1CC(N)C(=O)O. The summed E-state index contributed by atoms with van der Waals surface area (Å²) in [5.41, 5.74) is 7.20. The minimum atomic E-state index is -1.01. The van der Waals surface area contributed by atoms with Crippen molar-refractivity contribution in [3.05, 3.63) is 34.3 Å². The minimum Gasteiger partial charge on any atom is -0.480 e. The van der Waals surface area contributed by atoms with Crippen molar-refractivity contribution in [3.8, 4) is 0 Å². The zero-order valence-electron chi connectivity index (χ0n) is 7.83. The van der Waals surface area contributed by atoms with Crippen LogP contribution in [0.15, 0.2) is 18.2 Å². The molecule has 0 fully saturated rings. The lowest BCUT2D eigenvalue weighted by Crippen LogP contribution is -2.32. The second kappa shape index (κ2) is 4.44. The number of hydrogen-bond acceptors (Lipinski definition) is 2. The van der Waals surface area contributed by atoms with Crippen LogP contribution in [0.3, 0.4) is 0 Å². The maximum atomic E-state index is 10.6. The van der Waals surface area contributed by atoms with Gasteiger partial charge in [0.1, 0.15) is 6.04 Å². The van der Waals surface area contributed by atoms with Gasteiger partial charge in [0.15, 0.2) is 0 Å². The van der Waals surface area contributed by atoms with Crippen molar-refractivity contribution in [1.82, 2.24) is 0 Å². The zero-order valence-corrected chi connectivity index (χ0v) is 8.58. The Hall–Kier alpha value is -1.06. The Labute approximate surface area is 87.5 Å². The zero-order chi connectivity index (χ0) is 10.7. The molecule has 1 rings (SSSR count). The van der Waals surface area contributed by atoms with Crippen molar-refractivity contribution in [2.75, 3.05) is 0 Å². The van der Waals surface area contributed by atoms with E-state index in [2.05, 4.69) is 0 Å². The molecule has 1 aromatic rings. The second-order valence-electron chi connectivity index (χ2n) is 3.18. The molecule has 76 valence electrons. The van der Waals surface area contributed by atoms with Crippen LogP contribution in [0.1, 0.15) is 11.1 Å². The Morgan fingerprint density at radius 3 is 2.79 bits per heavy atom. The highest BCUT2D eigenvalue weighted by molar-refractivity contribution is 6.31.